The van der Waals surface area contributed by atoms with Crippen molar-refractivity contribution in [3.8, 4) is 0 Å². The van der Waals surface area contributed by atoms with E-state index in [-0.39, 0.29) is 24.0 Å². The van der Waals surface area contributed by atoms with Crippen molar-refractivity contribution in [1.82, 2.24) is 15.1 Å². The zero-order valence-corrected chi connectivity index (χ0v) is 16.5. The standard InChI is InChI=1S/C16H26N4S.HI/c1-17-16(20-10-4-5-11-20)18-13-14(15-7-6-12-21-15)19-8-2-3-9-19;/h6-7,12,14H,2-5,8-11,13H2,1H3,(H,17,18);1H. The number of nitrogens with zero attached hydrogens (tertiary/aromatic N) is 3. The van der Waals surface area contributed by atoms with E-state index in [1.165, 1.54) is 43.6 Å². The third-order valence-electron chi connectivity index (χ3n) is 4.52. The molecule has 0 aromatic carbocycles. The van der Waals surface area contributed by atoms with Crippen molar-refractivity contribution in [1.29, 1.82) is 0 Å². The largest absolute Gasteiger partial charge is 0.354 e. The van der Waals surface area contributed by atoms with Gasteiger partial charge in [-0.2, -0.15) is 0 Å². The van der Waals surface area contributed by atoms with E-state index in [1.54, 1.807) is 0 Å². The molecule has 1 aromatic rings. The van der Waals surface area contributed by atoms with Gasteiger partial charge in [-0.3, -0.25) is 9.89 Å². The highest BCUT2D eigenvalue weighted by Gasteiger charge is 2.25. The highest BCUT2D eigenvalue weighted by Crippen LogP contribution is 2.27. The van der Waals surface area contributed by atoms with E-state index in [4.69, 9.17) is 0 Å². The molecule has 2 aliphatic rings. The summed E-state index contributed by atoms with van der Waals surface area (Å²) in [6.45, 7) is 5.71. The lowest BCUT2D eigenvalue weighted by atomic mass is 10.2. The van der Waals surface area contributed by atoms with Gasteiger partial charge in [0.05, 0.1) is 6.04 Å². The molecule has 0 spiro atoms. The van der Waals surface area contributed by atoms with Crippen molar-refractivity contribution in [2.24, 2.45) is 4.99 Å². The minimum Gasteiger partial charge on any atom is -0.354 e. The molecule has 2 fully saturated rings. The summed E-state index contributed by atoms with van der Waals surface area (Å²) in [5.41, 5.74) is 0. The molecule has 3 rings (SSSR count). The lowest BCUT2D eigenvalue weighted by molar-refractivity contribution is 0.247. The van der Waals surface area contributed by atoms with E-state index in [9.17, 15) is 0 Å². The SMILES string of the molecule is CN=C(NCC(c1cccs1)N1CCCC1)N1CCCC1.I. The maximum absolute atomic E-state index is 4.47. The predicted octanol–water partition coefficient (Wildman–Crippen LogP) is 3.17. The molecule has 0 amide bonds. The number of rotatable bonds is 4. The number of guanidine groups is 1. The van der Waals surface area contributed by atoms with Crippen LogP contribution in [0.3, 0.4) is 0 Å². The molecule has 22 heavy (non-hydrogen) atoms. The molecule has 0 saturated carbocycles. The summed E-state index contributed by atoms with van der Waals surface area (Å²) in [4.78, 5) is 10.9. The summed E-state index contributed by atoms with van der Waals surface area (Å²) in [6.07, 6.45) is 5.26. The number of hydrogen-bond acceptors (Lipinski definition) is 3. The number of thiophene rings is 1. The maximum Gasteiger partial charge on any atom is 0.193 e. The van der Waals surface area contributed by atoms with Crippen LogP contribution in [0.5, 0.6) is 0 Å². The molecular formula is C16H27IN4S. The van der Waals surface area contributed by atoms with E-state index in [0.717, 1.165) is 25.6 Å². The smallest absolute Gasteiger partial charge is 0.193 e. The second-order valence-corrected chi connectivity index (χ2v) is 6.88. The number of nitrogens with one attached hydrogen (secondary N) is 1. The van der Waals surface area contributed by atoms with Crippen LogP contribution < -0.4 is 5.32 Å². The molecular weight excluding hydrogens is 407 g/mol. The second kappa shape index (κ2) is 9.08. The first kappa shape index (κ1) is 18.0. The van der Waals surface area contributed by atoms with Crippen LogP contribution in [0, 0.1) is 0 Å². The lowest BCUT2D eigenvalue weighted by Crippen LogP contribution is -2.43. The first-order chi connectivity index (χ1) is 10.4. The minimum atomic E-state index is 0. The summed E-state index contributed by atoms with van der Waals surface area (Å²) in [6, 6.07) is 4.93. The minimum absolute atomic E-state index is 0. The summed E-state index contributed by atoms with van der Waals surface area (Å²) < 4.78 is 0. The van der Waals surface area contributed by atoms with E-state index >= 15 is 0 Å². The van der Waals surface area contributed by atoms with Crippen molar-refractivity contribution in [2.75, 3.05) is 39.8 Å². The number of halogens is 1. The molecule has 124 valence electrons. The quantitative estimate of drug-likeness (QED) is 0.449. The van der Waals surface area contributed by atoms with E-state index < -0.39 is 0 Å². The topological polar surface area (TPSA) is 30.9 Å². The Labute approximate surface area is 155 Å². The van der Waals surface area contributed by atoms with Crippen LogP contribution >= 0.6 is 35.3 Å². The Kier molecular flexibility index (Phi) is 7.43. The van der Waals surface area contributed by atoms with Gasteiger partial charge in [0.2, 0.25) is 0 Å². The fourth-order valence-electron chi connectivity index (χ4n) is 3.39. The van der Waals surface area contributed by atoms with Gasteiger partial charge in [-0.25, -0.2) is 0 Å². The van der Waals surface area contributed by atoms with Crippen LogP contribution in [0.15, 0.2) is 22.5 Å². The van der Waals surface area contributed by atoms with Crippen molar-refractivity contribution >= 4 is 41.3 Å². The Morgan fingerprint density at radius 2 is 1.91 bits per heavy atom. The third kappa shape index (κ3) is 4.35. The molecule has 1 N–H and O–H groups in total. The summed E-state index contributed by atoms with van der Waals surface area (Å²) >= 11 is 1.87. The average Bonchev–Trinajstić information content (AvgIpc) is 3.26. The zero-order valence-electron chi connectivity index (χ0n) is 13.3. The number of hydrogen-bond donors (Lipinski definition) is 1. The summed E-state index contributed by atoms with van der Waals surface area (Å²) in [7, 11) is 1.90. The monoisotopic (exact) mass is 434 g/mol. The molecule has 1 unspecified atom stereocenters. The molecule has 2 saturated heterocycles. The van der Waals surface area contributed by atoms with E-state index in [0.29, 0.717) is 6.04 Å². The average molecular weight is 434 g/mol. The molecule has 0 bridgehead atoms. The zero-order chi connectivity index (χ0) is 14.5. The fraction of sp³-hybridized carbons (Fsp3) is 0.688. The fourth-order valence-corrected chi connectivity index (χ4v) is 4.25. The van der Waals surface area contributed by atoms with Crippen molar-refractivity contribution in [3.63, 3.8) is 0 Å². The normalized spacial score (nSPS) is 21.0. The van der Waals surface area contributed by atoms with Gasteiger partial charge in [-0.05, 0) is 50.2 Å². The van der Waals surface area contributed by atoms with Crippen molar-refractivity contribution in [2.45, 2.75) is 31.7 Å². The second-order valence-electron chi connectivity index (χ2n) is 5.90. The maximum atomic E-state index is 4.47. The molecule has 4 nitrogen and oxygen atoms in total. The first-order valence-corrected chi connectivity index (χ1v) is 8.99. The van der Waals surface area contributed by atoms with Gasteiger partial charge >= 0.3 is 0 Å². The van der Waals surface area contributed by atoms with Gasteiger partial charge < -0.3 is 10.2 Å². The van der Waals surface area contributed by atoms with Gasteiger partial charge in [-0.15, -0.1) is 35.3 Å². The third-order valence-corrected chi connectivity index (χ3v) is 5.50. The molecule has 6 heteroatoms. The molecule has 1 atom stereocenters. The Bertz CT molecular complexity index is 451. The summed E-state index contributed by atoms with van der Waals surface area (Å²) in [5, 5.41) is 5.81. The molecule has 0 aliphatic carbocycles. The Balaban J connectivity index is 0.00000176. The molecule has 2 aliphatic heterocycles. The van der Waals surface area contributed by atoms with Gasteiger partial charge in [0.1, 0.15) is 0 Å². The van der Waals surface area contributed by atoms with Crippen LogP contribution in [0.2, 0.25) is 0 Å². The van der Waals surface area contributed by atoms with E-state index in [2.05, 4.69) is 37.6 Å². The van der Waals surface area contributed by atoms with Gasteiger partial charge in [0.25, 0.3) is 0 Å². The van der Waals surface area contributed by atoms with Gasteiger partial charge in [-0.1, -0.05) is 6.07 Å². The molecule has 1 aromatic heterocycles. The van der Waals surface area contributed by atoms with Crippen LogP contribution in [-0.2, 0) is 0 Å². The predicted molar refractivity (Wildman–Crippen MR) is 105 cm³/mol. The first-order valence-electron chi connectivity index (χ1n) is 8.11. The highest BCUT2D eigenvalue weighted by molar-refractivity contribution is 14.0. The van der Waals surface area contributed by atoms with Crippen LogP contribution in [0.1, 0.15) is 36.6 Å². The van der Waals surface area contributed by atoms with Crippen molar-refractivity contribution < 1.29 is 0 Å². The van der Waals surface area contributed by atoms with E-state index in [1.807, 2.05) is 18.4 Å². The Hall–Kier alpha value is -0.340. The molecule has 0 radical (unpaired) electrons. The number of aliphatic imine (C=N–C) groups is 1. The van der Waals surface area contributed by atoms with Crippen molar-refractivity contribution in [3.05, 3.63) is 22.4 Å². The molecule has 3 heterocycles. The van der Waals surface area contributed by atoms with Gasteiger partial charge in [0, 0.05) is 31.6 Å². The van der Waals surface area contributed by atoms with Crippen LogP contribution in [-0.4, -0.2) is 55.5 Å². The van der Waals surface area contributed by atoms with Gasteiger partial charge in [0.15, 0.2) is 5.96 Å². The number of likely N-dealkylation sites (tertiary alicyclic amines) is 2. The lowest BCUT2D eigenvalue weighted by Gasteiger charge is -2.29. The summed E-state index contributed by atoms with van der Waals surface area (Å²) in [5.74, 6) is 1.08. The van der Waals surface area contributed by atoms with Crippen LogP contribution in [0.4, 0.5) is 0 Å². The Morgan fingerprint density at radius 3 is 2.50 bits per heavy atom. The van der Waals surface area contributed by atoms with Crippen LogP contribution in [0.25, 0.3) is 0 Å². The Morgan fingerprint density at radius 1 is 1.23 bits per heavy atom. The highest BCUT2D eigenvalue weighted by atomic mass is 127.